The highest BCUT2D eigenvalue weighted by molar-refractivity contribution is 7.08. The summed E-state index contributed by atoms with van der Waals surface area (Å²) in [7, 11) is 0. The Morgan fingerprint density at radius 2 is 1.90 bits per heavy atom. The molecule has 0 aliphatic carbocycles. The smallest absolute Gasteiger partial charge is 0.227 e. The SMILES string of the molecule is Cc1ccc(Nc2ncc(-c3ccsc3)cn2)cc1N. The Balaban J connectivity index is 1.79. The Kier molecular flexibility index (Phi) is 3.35. The summed E-state index contributed by atoms with van der Waals surface area (Å²) in [6.45, 7) is 1.98. The summed E-state index contributed by atoms with van der Waals surface area (Å²) in [5, 5.41) is 7.26. The number of nitrogen functional groups attached to an aromatic ring is 1. The second-order valence-corrected chi connectivity index (χ2v) is 5.28. The highest BCUT2D eigenvalue weighted by atomic mass is 32.1. The van der Waals surface area contributed by atoms with Crippen molar-refractivity contribution in [1.29, 1.82) is 0 Å². The Hall–Kier alpha value is -2.40. The zero-order valence-corrected chi connectivity index (χ0v) is 11.8. The molecule has 0 spiro atoms. The topological polar surface area (TPSA) is 63.8 Å². The van der Waals surface area contributed by atoms with E-state index in [1.807, 2.05) is 42.9 Å². The number of aryl methyl sites for hydroxylation is 1. The van der Waals surface area contributed by atoms with Crippen LogP contribution in [0.25, 0.3) is 11.1 Å². The minimum Gasteiger partial charge on any atom is -0.398 e. The molecule has 0 bridgehead atoms. The first-order valence-corrected chi connectivity index (χ1v) is 7.14. The normalized spacial score (nSPS) is 10.4. The van der Waals surface area contributed by atoms with Gasteiger partial charge in [-0.1, -0.05) is 6.07 Å². The Morgan fingerprint density at radius 1 is 1.10 bits per heavy atom. The number of rotatable bonds is 3. The molecule has 0 amide bonds. The van der Waals surface area contributed by atoms with E-state index < -0.39 is 0 Å². The first kappa shape index (κ1) is 12.6. The zero-order valence-electron chi connectivity index (χ0n) is 11.0. The first-order valence-electron chi connectivity index (χ1n) is 6.20. The highest BCUT2D eigenvalue weighted by Crippen LogP contribution is 2.22. The molecule has 0 radical (unpaired) electrons. The highest BCUT2D eigenvalue weighted by Gasteiger charge is 2.02. The molecule has 4 nitrogen and oxygen atoms in total. The fourth-order valence-corrected chi connectivity index (χ4v) is 2.48. The quantitative estimate of drug-likeness (QED) is 0.716. The van der Waals surface area contributed by atoms with E-state index in [4.69, 9.17) is 5.73 Å². The molecule has 3 aromatic rings. The van der Waals surface area contributed by atoms with E-state index in [0.29, 0.717) is 5.95 Å². The molecule has 2 heterocycles. The lowest BCUT2D eigenvalue weighted by molar-refractivity contribution is 1.17. The Bertz CT molecular complexity index is 705. The van der Waals surface area contributed by atoms with E-state index in [9.17, 15) is 0 Å². The largest absolute Gasteiger partial charge is 0.398 e. The molecule has 0 saturated carbocycles. The molecule has 3 rings (SSSR count). The van der Waals surface area contributed by atoms with Crippen molar-refractivity contribution >= 4 is 28.7 Å². The first-order chi connectivity index (χ1) is 9.72. The van der Waals surface area contributed by atoms with Gasteiger partial charge in [0.1, 0.15) is 0 Å². The van der Waals surface area contributed by atoms with Crippen LogP contribution in [0.5, 0.6) is 0 Å². The fraction of sp³-hybridized carbons (Fsp3) is 0.0667. The number of nitrogens with zero attached hydrogens (tertiary/aromatic N) is 2. The van der Waals surface area contributed by atoms with Gasteiger partial charge in [0.25, 0.3) is 0 Å². The molecule has 0 aliphatic heterocycles. The zero-order chi connectivity index (χ0) is 13.9. The summed E-state index contributed by atoms with van der Waals surface area (Å²) in [5.74, 6) is 0.562. The number of thiophene rings is 1. The molecule has 3 N–H and O–H groups in total. The van der Waals surface area contributed by atoms with E-state index in [2.05, 4.69) is 26.7 Å². The van der Waals surface area contributed by atoms with E-state index in [0.717, 1.165) is 28.1 Å². The van der Waals surface area contributed by atoms with Crippen molar-refractivity contribution in [2.45, 2.75) is 6.92 Å². The third-order valence-corrected chi connectivity index (χ3v) is 3.72. The second kappa shape index (κ2) is 5.30. The monoisotopic (exact) mass is 282 g/mol. The Morgan fingerprint density at radius 3 is 2.55 bits per heavy atom. The van der Waals surface area contributed by atoms with E-state index in [1.165, 1.54) is 0 Å². The van der Waals surface area contributed by atoms with Crippen molar-refractivity contribution in [2.24, 2.45) is 0 Å². The molecule has 5 heteroatoms. The summed E-state index contributed by atoms with van der Waals surface area (Å²) in [6, 6.07) is 7.86. The van der Waals surface area contributed by atoms with E-state index in [-0.39, 0.29) is 0 Å². The van der Waals surface area contributed by atoms with Gasteiger partial charge < -0.3 is 11.1 Å². The van der Waals surface area contributed by atoms with Gasteiger partial charge in [0.05, 0.1) is 0 Å². The minimum atomic E-state index is 0.562. The summed E-state index contributed by atoms with van der Waals surface area (Å²) >= 11 is 1.66. The predicted octanol–water partition coefficient (Wildman–Crippen LogP) is 3.84. The van der Waals surface area contributed by atoms with Crippen LogP contribution >= 0.6 is 11.3 Å². The number of nitrogens with two attached hydrogens (primary N) is 1. The summed E-state index contributed by atoms with van der Waals surface area (Å²) in [6.07, 6.45) is 3.63. The Labute approximate surface area is 121 Å². The number of anilines is 3. The van der Waals surface area contributed by atoms with Crippen LogP contribution in [0.3, 0.4) is 0 Å². The lowest BCUT2D eigenvalue weighted by Gasteiger charge is -2.07. The van der Waals surface area contributed by atoms with Crippen LogP contribution in [0.2, 0.25) is 0 Å². The van der Waals surface area contributed by atoms with Crippen molar-refractivity contribution in [3.63, 3.8) is 0 Å². The molecule has 0 fully saturated rings. The number of hydrogen-bond donors (Lipinski definition) is 2. The number of aromatic nitrogens is 2. The molecule has 2 aromatic heterocycles. The van der Waals surface area contributed by atoms with Gasteiger partial charge in [-0.15, -0.1) is 0 Å². The van der Waals surface area contributed by atoms with Crippen molar-refractivity contribution in [1.82, 2.24) is 9.97 Å². The summed E-state index contributed by atoms with van der Waals surface area (Å²) in [4.78, 5) is 8.65. The van der Waals surface area contributed by atoms with Gasteiger partial charge >= 0.3 is 0 Å². The molecule has 0 saturated heterocycles. The molecule has 0 unspecified atom stereocenters. The molecule has 0 atom stereocenters. The summed E-state index contributed by atoms with van der Waals surface area (Å²) in [5.41, 5.74) is 10.7. The molecule has 1 aromatic carbocycles. The van der Waals surface area contributed by atoms with Gasteiger partial charge in [0.15, 0.2) is 0 Å². The summed E-state index contributed by atoms with van der Waals surface area (Å²) < 4.78 is 0. The predicted molar refractivity (Wildman–Crippen MR) is 84.2 cm³/mol. The molecule has 100 valence electrons. The number of nitrogens with one attached hydrogen (secondary N) is 1. The second-order valence-electron chi connectivity index (χ2n) is 4.50. The van der Waals surface area contributed by atoms with Crippen LogP contribution in [-0.4, -0.2) is 9.97 Å². The van der Waals surface area contributed by atoms with Crippen molar-refractivity contribution in [3.05, 3.63) is 53.0 Å². The van der Waals surface area contributed by atoms with Gasteiger partial charge in [-0.2, -0.15) is 11.3 Å². The molecule has 0 aliphatic rings. The van der Waals surface area contributed by atoms with Crippen LogP contribution in [0.1, 0.15) is 5.56 Å². The lowest BCUT2D eigenvalue weighted by Crippen LogP contribution is -1.98. The van der Waals surface area contributed by atoms with Crippen molar-refractivity contribution in [2.75, 3.05) is 11.1 Å². The number of benzene rings is 1. The minimum absolute atomic E-state index is 0.562. The van der Waals surface area contributed by atoms with Crippen LogP contribution in [0.4, 0.5) is 17.3 Å². The van der Waals surface area contributed by atoms with Crippen molar-refractivity contribution in [3.8, 4) is 11.1 Å². The maximum absolute atomic E-state index is 5.88. The van der Waals surface area contributed by atoms with Crippen LogP contribution in [0.15, 0.2) is 47.4 Å². The van der Waals surface area contributed by atoms with Gasteiger partial charge in [-0.05, 0) is 47.0 Å². The van der Waals surface area contributed by atoms with Gasteiger partial charge in [-0.3, -0.25) is 0 Å². The number of hydrogen-bond acceptors (Lipinski definition) is 5. The van der Waals surface area contributed by atoms with Gasteiger partial charge in [-0.25, -0.2) is 9.97 Å². The van der Waals surface area contributed by atoms with E-state index in [1.54, 1.807) is 11.3 Å². The third-order valence-electron chi connectivity index (χ3n) is 3.04. The van der Waals surface area contributed by atoms with E-state index >= 15 is 0 Å². The van der Waals surface area contributed by atoms with Crippen LogP contribution in [-0.2, 0) is 0 Å². The fourth-order valence-electron chi connectivity index (χ4n) is 1.82. The molecular weight excluding hydrogens is 268 g/mol. The molecular formula is C15H14N4S. The maximum Gasteiger partial charge on any atom is 0.227 e. The molecule has 20 heavy (non-hydrogen) atoms. The maximum atomic E-state index is 5.88. The van der Waals surface area contributed by atoms with Crippen LogP contribution < -0.4 is 11.1 Å². The lowest BCUT2D eigenvalue weighted by atomic mass is 10.2. The third kappa shape index (κ3) is 2.62. The van der Waals surface area contributed by atoms with Crippen molar-refractivity contribution < 1.29 is 0 Å². The van der Waals surface area contributed by atoms with Gasteiger partial charge in [0, 0.05) is 29.3 Å². The van der Waals surface area contributed by atoms with Gasteiger partial charge in [0.2, 0.25) is 5.95 Å². The average molecular weight is 282 g/mol. The standard InChI is InChI=1S/C15H14N4S/c1-10-2-3-13(6-14(10)16)19-15-17-7-12(8-18-15)11-4-5-20-9-11/h2-9H,16H2,1H3,(H,17,18,19). The van der Waals surface area contributed by atoms with Crippen LogP contribution in [0, 0.1) is 6.92 Å². The average Bonchev–Trinajstić information content (AvgIpc) is 2.98.